The van der Waals surface area contributed by atoms with Gasteiger partial charge in [-0.25, -0.2) is 14.5 Å². The summed E-state index contributed by atoms with van der Waals surface area (Å²) in [7, 11) is 0. The van der Waals surface area contributed by atoms with Crippen molar-refractivity contribution in [2.45, 2.75) is 39.0 Å². The number of aryl methyl sites for hydroxylation is 1. The Hall–Kier alpha value is -2.02. The number of carbonyl (C=O) groups excluding carboxylic acids is 1. The lowest BCUT2D eigenvalue weighted by Crippen LogP contribution is -2.28. The third-order valence-corrected chi connectivity index (χ3v) is 6.41. The largest absolute Gasteiger partial charge is 0.336 e. The second-order valence-corrected chi connectivity index (χ2v) is 8.06. The van der Waals surface area contributed by atoms with E-state index in [1.54, 1.807) is 22.2 Å². The molecule has 0 spiro atoms. The maximum atomic E-state index is 12.6. The molecule has 1 fully saturated rings. The molecule has 3 aromatic rings. The molecule has 6 nitrogen and oxygen atoms in total. The van der Waals surface area contributed by atoms with Gasteiger partial charge in [0.05, 0.1) is 5.39 Å². The number of fused-ring (bicyclic) bond motifs is 5. The van der Waals surface area contributed by atoms with E-state index in [1.807, 2.05) is 4.90 Å². The zero-order chi connectivity index (χ0) is 16.3. The number of likely N-dealkylation sites (tertiary alicyclic amines) is 1. The number of carbonyl (C=O) groups is 1. The van der Waals surface area contributed by atoms with Gasteiger partial charge >= 0.3 is 0 Å². The third kappa shape index (κ3) is 2.07. The van der Waals surface area contributed by atoms with Crippen molar-refractivity contribution in [3.8, 4) is 0 Å². The fraction of sp³-hybridized carbons (Fsp3) is 0.529. The fourth-order valence-electron chi connectivity index (χ4n) is 3.90. The topological polar surface area (TPSA) is 63.4 Å². The molecule has 2 aliphatic rings. The van der Waals surface area contributed by atoms with Crippen LogP contribution in [0.3, 0.4) is 0 Å². The summed E-state index contributed by atoms with van der Waals surface area (Å²) in [5.41, 5.74) is 2.16. The second kappa shape index (κ2) is 5.24. The smallest absolute Gasteiger partial charge is 0.293 e. The molecule has 3 aromatic heterocycles. The zero-order valence-corrected chi connectivity index (χ0v) is 14.5. The van der Waals surface area contributed by atoms with E-state index in [2.05, 4.69) is 22.0 Å². The Kier molecular flexibility index (Phi) is 3.13. The minimum atomic E-state index is -0.0539. The SMILES string of the molecule is C[C@@H]1CCc2sc3ncn4nc(C(=O)N5CCCC5)nc4c3c2C1. The van der Waals surface area contributed by atoms with Crippen molar-refractivity contribution < 1.29 is 4.79 Å². The van der Waals surface area contributed by atoms with Crippen molar-refractivity contribution in [2.75, 3.05) is 13.1 Å². The quantitative estimate of drug-likeness (QED) is 0.683. The molecule has 124 valence electrons. The van der Waals surface area contributed by atoms with Gasteiger partial charge in [0, 0.05) is 18.0 Å². The normalized spacial score (nSPS) is 20.9. The Morgan fingerprint density at radius 3 is 3.00 bits per heavy atom. The third-order valence-electron chi connectivity index (χ3n) is 5.21. The summed E-state index contributed by atoms with van der Waals surface area (Å²) in [5.74, 6) is 0.931. The number of nitrogens with zero attached hydrogens (tertiary/aromatic N) is 5. The van der Waals surface area contributed by atoms with Gasteiger partial charge < -0.3 is 4.90 Å². The van der Waals surface area contributed by atoms with Gasteiger partial charge in [-0.1, -0.05) is 6.92 Å². The average molecular weight is 341 g/mol. The van der Waals surface area contributed by atoms with E-state index < -0.39 is 0 Å². The lowest BCUT2D eigenvalue weighted by atomic mass is 9.89. The average Bonchev–Trinajstić information content (AvgIpc) is 3.30. The van der Waals surface area contributed by atoms with Crippen LogP contribution in [0.5, 0.6) is 0 Å². The molecule has 24 heavy (non-hydrogen) atoms. The number of thiophene rings is 1. The first-order valence-electron chi connectivity index (χ1n) is 8.65. The van der Waals surface area contributed by atoms with Crippen molar-refractivity contribution in [3.63, 3.8) is 0 Å². The van der Waals surface area contributed by atoms with Gasteiger partial charge in [-0.15, -0.1) is 16.4 Å². The highest BCUT2D eigenvalue weighted by molar-refractivity contribution is 7.19. The molecule has 1 aliphatic heterocycles. The predicted molar refractivity (Wildman–Crippen MR) is 92.5 cm³/mol. The number of hydrogen-bond donors (Lipinski definition) is 0. The fourth-order valence-corrected chi connectivity index (χ4v) is 5.08. The number of hydrogen-bond acceptors (Lipinski definition) is 5. The van der Waals surface area contributed by atoms with Crippen molar-refractivity contribution in [2.24, 2.45) is 5.92 Å². The van der Waals surface area contributed by atoms with E-state index in [0.29, 0.717) is 11.7 Å². The van der Waals surface area contributed by atoms with Crippen molar-refractivity contribution in [1.82, 2.24) is 24.5 Å². The van der Waals surface area contributed by atoms with Crippen LogP contribution in [0.2, 0.25) is 0 Å². The first kappa shape index (κ1) is 14.3. The van der Waals surface area contributed by atoms with Gasteiger partial charge in [-0.2, -0.15) is 0 Å². The molecule has 1 atom stereocenters. The van der Waals surface area contributed by atoms with Gasteiger partial charge in [0.25, 0.3) is 5.91 Å². The number of amides is 1. The summed E-state index contributed by atoms with van der Waals surface area (Å²) in [4.78, 5) is 26.1. The van der Waals surface area contributed by atoms with Crippen LogP contribution >= 0.6 is 11.3 Å². The van der Waals surface area contributed by atoms with Crippen LogP contribution in [0.1, 0.15) is 47.2 Å². The molecule has 5 rings (SSSR count). The summed E-state index contributed by atoms with van der Waals surface area (Å²) in [6.45, 7) is 3.92. The predicted octanol–water partition coefficient (Wildman–Crippen LogP) is 2.70. The highest BCUT2D eigenvalue weighted by Crippen LogP contribution is 2.38. The Morgan fingerprint density at radius 2 is 2.17 bits per heavy atom. The zero-order valence-electron chi connectivity index (χ0n) is 13.7. The molecule has 0 unspecified atom stereocenters. The van der Waals surface area contributed by atoms with Crippen molar-refractivity contribution in [1.29, 1.82) is 0 Å². The number of rotatable bonds is 1. The summed E-state index contributed by atoms with van der Waals surface area (Å²) >= 11 is 1.77. The minimum absolute atomic E-state index is 0.0539. The van der Waals surface area contributed by atoms with E-state index in [4.69, 9.17) is 0 Å². The monoisotopic (exact) mass is 341 g/mol. The standard InChI is InChI=1S/C17H19N5OS/c1-10-4-5-12-11(8-10)13-15-19-14(17(23)21-6-2-3-7-21)20-22(15)9-18-16(13)24-12/h9-10H,2-8H2,1H3/t10-/m1/s1. The van der Waals surface area contributed by atoms with Crippen LogP contribution in [0.25, 0.3) is 15.9 Å². The molecule has 4 heterocycles. The maximum absolute atomic E-state index is 12.6. The van der Waals surface area contributed by atoms with E-state index in [-0.39, 0.29) is 5.91 Å². The Labute approximate surface area is 143 Å². The first-order valence-corrected chi connectivity index (χ1v) is 9.47. The lowest BCUT2D eigenvalue weighted by Gasteiger charge is -2.17. The Morgan fingerprint density at radius 1 is 1.33 bits per heavy atom. The van der Waals surface area contributed by atoms with E-state index in [1.165, 1.54) is 16.9 Å². The van der Waals surface area contributed by atoms with Gasteiger partial charge in [-0.3, -0.25) is 4.79 Å². The van der Waals surface area contributed by atoms with E-state index in [0.717, 1.165) is 54.6 Å². The summed E-state index contributed by atoms with van der Waals surface area (Å²) in [5, 5.41) is 5.52. The van der Waals surface area contributed by atoms with Gasteiger partial charge in [0.15, 0.2) is 5.65 Å². The van der Waals surface area contributed by atoms with Gasteiger partial charge in [-0.05, 0) is 43.6 Å². The Bertz CT molecular complexity index is 953. The molecule has 0 radical (unpaired) electrons. The van der Waals surface area contributed by atoms with E-state index >= 15 is 0 Å². The molecular formula is C17H19N5OS. The molecule has 1 saturated heterocycles. The number of aromatic nitrogens is 4. The van der Waals surface area contributed by atoms with Gasteiger partial charge in [0.1, 0.15) is 11.2 Å². The summed E-state index contributed by atoms with van der Waals surface area (Å²) < 4.78 is 1.68. The van der Waals surface area contributed by atoms with Crippen LogP contribution in [-0.4, -0.2) is 43.5 Å². The van der Waals surface area contributed by atoms with E-state index in [9.17, 15) is 4.79 Å². The highest BCUT2D eigenvalue weighted by Gasteiger charge is 2.26. The lowest BCUT2D eigenvalue weighted by molar-refractivity contribution is 0.0781. The molecule has 0 N–H and O–H groups in total. The van der Waals surface area contributed by atoms with Crippen molar-refractivity contribution in [3.05, 3.63) is 22.6 Å². The molecule has 1 aliphatic carbocycles. The van der Waals surface area contributed by atoms with Crippen LogP contribution in [0, 0.1) is 5.92 Å². The van der Waals surface area contributed by atoms with Crippen LogP contribution in [0.4, 0.5) is 0 Å². The molecule has 0 aromatic carbocycles. The maximum Gasteiger partial charge on any atom is 0.293 e. The molecule has 0 saturated carbocycles. The van der Waals surface area contributed by atoms with Gasteiger partial charge in [0.2, 0.25) is 5.82 Å². The van der Waals surface area contributed by atoms with Crippen molar-refractivity contribution >= 4 is 33.1 Å². The molecule has 0 bridgehead atoms. The first-order chi connectivity index (χ1) is 11.7. The molecular weight excluding hydrogens is 322 g/mol. The summed E-state index contributed by atoms with van der Waals surface area (Å²) in [6, 6.07) is 0. The summed E-state index contributed by atoms with van der Waals surface area (Å²) in [6.07, 6.45) is 7.26. The highest BCUT2D eigenvalue weighted by atomic mass is 32.1. The molecule has 1 amide bonds. The Balaban J connectivity index is 1.67. The second-order valence-electron chi connectivity index (χ2n) is 6.98. The van der Waals surface area contributed by atoms with Crippen LogP contribution < -0.4 is 0 Å². The van der Waals surface area contributed by atoms with Crippen LogP contribution in [-0.2, 0) is 12.8 Å². The molecule has 7 heteroatoms. The van der Waals surface area contributed by atoms with Crippen LogP contribution in [0.15, 0.2) is 6.33 Å². The minimum Gasteiger partial charge on any atom is -0.336 e.